The highest BCUT2D eigenvalue weighted by molar-refractivity contribution is 5.85. The number of Topliss-reactive ketones (excluding diaryl/α,β-unsaturated/α-hetero) is 1. The quantitative estimate of drug-likeness (QED) is 0.851. The van der Waals surface area contributed by atoms with E-state index < -0.39 is 0 Å². The molecular weight excluding hydrogens is 362 g/mol. The molecule has 27 heavy (non-hydrogen) atoms. The molecule has 1 N–H and O–H groups in total. The molecule has 0 radical (unpaired) electrons. The van der Waals surface area contributed by atoms with Crippen molar-refractivity contribution in [3.05, 3.63) is 29.3 Å². The fraction of sp³-hybridized carbons (Fsp3) is 0.682. The van der Waals surface area contributed by atoms with E-state index in [-0.39, 0.29) is 23.4 Å². The lowest BCUT2D eigenvalue weighted by Gasteiger charge is -2.65. The third-order valence-electron chi connectivity index (χ3n) is 7.50. The summed E-state index contributed by atoms with van der Waals surface area (Å²) in [5.74, 6) is 1.51. The van der Waals surface area contributed by atoms with Gasteiger partial charge in [-0.3, -0.25) is 9.69 Å². The van der Waals surface area contributed by atoms with E-state index in [0.717, 1.165) is 31.7 Å². The molecule has 1 aliphatic heterocycles. The van der Waals surface area contributed by atoms with E-state index >= 15 is 0 Å². The van der Waals surface area contributed by atoms with Crippen LogP contribution in [0.5, 0.6) is 5.75 Å². The van der Waals surface area contributed by atoms with Gasteiger partial charge < -0.3 is 9.84 Å². The van der Waals surface area contributed by atoms with E-state index in [1.165, 1.54) is 30.5 Å². The Kier molecular flexibility index (Phi) is 4.81. The maximum atomic E-state index is 12.6. The second-order valence-corrected chi connectivity index (χ2v) is 8.87. The van der Waals surface area contributed by atoms with Crippen LogP contribution in [0.15, 0.2) is 18.2 Å². The highest BCUT2D eigenvalue weighted by Crippen LogP contribution is 2.59. The van der Waals surface area contributed by atoms with Crippen molar-refractivity contribution in [3.63, 3.8) is 0 Å². The number of carbonyl (C=O) groups excluding carboxylic acids is 1. The van der Waals surface area contributed by atoms with Gasteiger partial charge in [-0.15, -0.1) is 12.4 Å². The van der Waals surface area contributed by atoms with Gasteiger partial charge in [-0.2, -0.15) is 0 Å². The standard InChI is InChI=1S/C22H29NO3.ClH/c1-2-26-22-8-7-18(25)13-21(22)9-10-23(14-15-3-4-15)20(22)11-16-5-6-17(24)12-19(16)21;/h5-6,12,15,20,24H,2-4,7-11,13-14H2,1H3;1H/t20-,21-,22?;/m1./s1. The molecule has 1 aromatic carbocycles. The molecule has 5 rings (SSSR count). The van der Waals surface area contributed by atoms with Crippen LogP contribution in [-0.2, 0) is 21.4 Å². The zero-order chi connectivity index (χ0) is 17.9. The number of nitrogens with zero attached hydrogens (tertiary/aromatic N) is 1. The number of ether oxygens (including phenoxy) is 1. The van der Waals surface area contributed by atoms with Crippen LogP contribution in [0, 0.1) is 5.92 Å². The second kappa shape index (κ2) is 6.75. The maximum absolute atomic E-state index is 12.6. The summed E-state index contributed by atoms with van der Waals surface area (Å²) >= 11 is 0. The summed E-state index contributed by atoms with van der Waals surface area (Å²) in [6, 6.07) is 6.15. The van der Waals surface area contributed by atoms with Crippen LogP contribution in [0.4, 0.5) is 0 Å². The minimum atomic E-state index is -0.288. The van der Waals surface area contributed by atoms with Crippen LogP contribution in [0.1, 0.15) is 56.6 Å². The second-order valence-electron chi connectivity index (χ2n) is 8.87. The van der Waals surface area contributed by atoms with Crippen molar-refractivity contribution < 1.29 is 14.6 Å². The van der Waals surface area contributed by atoms with Crippen molar-refractivity contribution in [1.82, 2.24) is 4.90 Å². The molecule has 1 aromatic rings. The Morgan fingerprint density at radius 3 is 2.85 bits per heavy atom. The van der Waals surface area contributed by atoms with E-state index in [9.17, 15) is 9.90 Å². The zero-order valence-electron chi connectivity index (χ0n) is 16.1. The third-order valence-corrected chi connectivity index (χ3v) is 7.50. The van der Waals surface area contributed by atoms with Gasteiger partial charge >= 0.3 is 0 Å². The third kappa shape index (κ3) is 2.75. The number of aromatic hydroxyl groups is 1. The molecule has 1 heterocycles. The van der Waals surface area contributed by atoms with Crippen LogP contribution in [0.25, 0.3) is 0 Å². The summed E-state index contributed by atoms with van der Waals surface area (Å²) in [5, 5.41) is 10.2. The van der Waals surface area contributed by atoms with E-state index in [1.807, 2.05) is 6.07 Å². The summed E-state index contributed by atoms with van der Waals surface area (Å²) in [7, 11) is 0. The van der Waals surface area contributed by atoms with E-state index in [2.05, 4.69) is 17.9 Å². The predicted molar refractivity (Wildman–Crippen MR) is 107 cm³/mol. The number of hydrogen-bond donors (Lipinski definition) is 1. The smallest absolute Gasteiger partial charge is 0.134 e. The number of benzene rings is 1. The lowest BCUT2D eigenvalue weighted by molar-refractivity contribution is -0.198. The number of phenols is 1. The highest BCUT2D eigenvalue weighted by Gasteiger charge is 2.66. The van der Waals surface area contributed by atoms with Crippen LogP contribution < -0.4 is 0 Å². The molecular formula is C22H30ClNO3. The Morgan fingerprint density at radius 2 is 2.11 bits per heavy atom. The first-order valence-corrected chi connectivity index (χ1v) is 10.3. The SMILES string of the molecule is CCOC12CCC(=O)C[C@@]13CCN(CC1CC1)[C@@H]2Cc1ccc(O)cc13.Cl. The van der Waals surface area contributed by atoms with Gasteiger partial charge in [0.05, 0.1) is 5.60 Å². The van der Waals surface area contributed by atoms with Crippen LogP contribution in [-0.4, -0.2) is 47.1 Å². The minimum Gasteiger partial charge on any atom is -0.508 e. The lowest BCUT2D eigenvalue weighted by atomic mass is 9.49. The van der Waals surface area contributed by atoms with Gasteiger partial charge in [0.2, 0.25) is 0 Å². The average molecular weight is 392 g/mol. The molecule has 1 unspecified atom stereocenters. The molecule has 2 bridgehead atoms. The molecule has 3 atom stereocenters. The molecule has 0 aromatic heterocycles. The van der Waals surface area contributed by atoms with Crippen molar-refractivity contribution in [2.75, 3.05) is 19.7 Å². The number of phenolic OH excluding ortho intramolecular Hbond substituents is 1. The number of ketones is 1. The van der Waals surface area contributed by atoms with Gasteiger partial charge in [0.25, 0.3) is 0 Å². The Bertz CT molecular complexity index is 749. The summed E-state index contributed by atoms with van der Waals surface area (Å²) in [5.41, 5.74) is 1.93. The van der Waals surface area contributed by atoms with E-state index in [1.54, 1.807) is 6.07 Å². The molecule has 4 nitrogen and oxygen atoms in total. The number of piperidine rings is 1. The predicted octanol–water partition coefficient (Wildman–Crippen LogP) is 3.62. The van der Waals surface area contributed by atoms with Crippen molar-refractivity contribution in [3.8, 4) is 5.75 Å². The van der Waals surface area contributed by atoms with E-state index in [4.69, 9.17) is 4.74 Å². The first-order chi connectivity index (χ1) is 12.6. The van der Waals surface area contributed by atoms with Crippen molar-refractivity contribution >= 4 is 18.2 Å². The Hall–Kier alpha value is -1.10. The van der Waals surface area contributed by atoms with Crippen LogP contribution >= 0.6 is 12.4 Å². The largest absolute Gasteiger partial charge is 0.508 e. The van der Waals surface area contributed by atoms with Crippen molar-refractivity contribution in [2.45, 2.75) is 68.9 Å². The Balaban J connectivity index is 0.00000180. The number of fused-ring (bicyclic) bond motifs is 1. The van der Waals surface area contributed by atoms with E-state index in [0.29, 0.717) is 37.0 Å². The van der Waals surface area contributed by atoms with Crippen LogP contribution in [0.3, 0.4) is 0 Å². The Labute approximate surface area is 167 Å². The summed E-state index contributed by atoms with van der Waals surface area (Å²) < 4.78 is 6.63. The topological polar surface area (TPSA) is 49.8 Å². The molecule has 4 aliphatic rings. The molecule has 148 valence electrons. The van der Waals surface area contributed by atoms with Gasteiger partial charge in [-0.1, -0.05) is 6.07 Å². The fourth-order valence-electron chi connectivity index (χ4n) is 6.27. The number of likely N-dealkylation sites (tertiary alicyclic amines) is 1. The molecule has 3 fully saturated rings. The number of halogens is 1. The van der Waals surface area contributed by atoms with Crippen molar-refractivity contribution in [2.24, 2.45) is 5.92 Å². The average Bonchev–Trinajstić information content (AvgIpc) is 3.43. The highest BCUT2D eigenvalue weighted by atomic mass is 35.5. The first kappa shape index (κ1) is 19.2. The monoisotopic (exact) mass is 391 g/mol. The molecule has 0 spiro atoms. The van der Waals surface area contributed by atoms with Crippen LogP contribution in [0.2, 0.25) is 0 Å². The summed E-state index contributed by atoms with van der Waals surface area (Å²) in [6.45, 7) is 4.98. The maximum Gasteiger partial charge on any atom is 0.134 e. The molecule has 0 amide bonds. The summed E-state index contributed by atoms with van der Waals surface area (Å²) in [6.07, 6.45) is 6.66. The van der Waals surface area contributed by atoms with Gasteiger partial charge in [0, 0.05) is 37.5 Å². The number of carbonyl (C=O) groups is 1. The lowest BCUT2D eigenvalue weighted by Crippen LogP contribution is -2.74. The van der Waals surface area contributed by atoms with Gasteiger partial charge in [-0.25, -0.2) is 0 Å². The van der Waals surface area contributed by atoms with Gasteiger partial charge in [0.15, 0.2) is 0 Å². The van der Waals surface area contributed by atoms with Crippen molar-refractivity contribution in [1.29, 1.82) is 0 Å². The fourth-order valence-corrected chi connectivity index (χ4v) is 6.27. The summed E-state index contributed by atoms with van der Waals surface area (Å²) in [4.78, 5) is 15.3. The zero-order valence-corrected chi connectivity index (χ0v) is 16.9. The minimum absolute atomic E-state index is 0. The normalized spacial score (nSPS) is 35.1. The first-order valence-electron chi connectivity index (χ1n) is 10.3. The number of rotatable bonds is 4. The van der Waals surface area contributed by atoms with Gasteiger partial charge in [-0.05, 0) is 74.8 Å². The molecule has 3 aliphatic carbocycles. The number of hydrogen-bond acceptors (Lipinski definition) is 4. The molecule has 1 saturated heterocycles. The molecule has 2 saturated carbocycles. The molecule has 5 heteroatoms. The Morgan fingerprint density at radius 1 is 1.30 bits per heavy atom. The van der Waals surface area contributed by atoms with Gasteiger partial charge in [0.1, 0.15) is 11.5 Å².